The summed E-state index contributed by atoms with van der Waals surface area (Å²) in [6, 6.07) is 2.25. The zero-order valence-corrected chi connectivity index (χ0v) is 18.4. The maximum Gasteiger partial charge on any atom is 0.245 e. The van der Waals surface area contributed by atoms with Gasteiger partial charge in [0.15, 0.2) is 0 Å². The minimum absolute atomic E-state index is 0.0119. The third-order valence-electron chi connectivity index (χ3n) is 5.46. The van der Waals surface area contributed by atoms with Crippen LogP contribution in [0.25, 0.3) is 0 Å². The van der Waals surface area contributed by atoms with E-state index in [1.807, 2.05) is 0 Å². The molecule has 1 atom stereocenters. The van der Waals surface area contributed by atoms with E-state index in [1.165, 1.54) is 13.2 Å². The smallest absolute Gasteiger partial charge is 0.245 e. The minimum Gasteiger partial charge on any atom is -0.495 e. The van der Waals surface area contributed by atoms with Crippen molar-refractivity contribution >= 4 is 15.9 Å². The summed E-state index contributed by atoms with van der Waals surface area (Å²) in [7, 11) is -2.89. The fourth-order valence-electron chi connectivity index (χ4n) is 4.12. The fraction of sp³-hybridized carbons (Fsp3) is 0.650. The number of methoxy groups -OCH3 is 1. The Kier molecular flexibility index (Phi) is 7.01. The van der Waals surface area contributed by atoms with Gasteiger partial charge in [0.2, 0.25) is 15.9 Å². The molecular weight excluding hydrogens is 413 g/mol. The first-order valence-electron chi connectivity index (χ1n) is 10.1. The van der Waals surface area contributed by atoms with E-state index < -0.39 is 27.4 Å². The molecule has 1 aromatic rings. The molecule has 0 radical (unpaired) electrons. The van der Waals surface area contributed by atoms with Gasteiger partial charge in [0.25, 0.3) is 0 Å². The molecular formula is C20H30FN3O5S. The molecule has 2 N–H and O–H groups in total. The molecule has 2 saturated heterocycles. The summed E-state index contributed by atoms with van der Waals surface area (Å²) >= 11 is 0. The van der Waals surface area contributed by atoms with Gasteiger partial charge in [-0.25, -0.2) is 12.8 Å². The molecule has 2 heterocycles. The van der Waals surface area contributed by atoms with Crippen LogP contribution in [0.2, 0.25) is 0 Å². The summed E-state index contributed by atoms with van der Waals surface area (Å²) in [5.41, 5.74) is -0.443. The van der Waals surface area contributed by atoms with Crippen LogP contribution in [-0.4, -0.2) is 70.8 Å². The highest BCUT2D eigenvalue weighted by Crippen LogP contribution is 2.27. The molecule has 0 bridgehead atoms. The molecule has 2 aliphatic heterocycles. The number of benzene rings is 1. The maximum atomic E-state index is 13.7. The molecule has 168 valence electrons. The number of hydrogen-bond acceptors (Lipinski definition) is 6. The van der Waals surface area contributed by atoms with Crippen LogP contribution < -0.4 is 14.8 Å². The SMILES string of the molecule is COc1ccc(F)cc1S(=O)(=O)NC1CN(CC(C)C)CC2(CCOCC2)NC1=O. The molecule has 8 nitrogen and oxygen atoms in total. The molecule has 1 aromatic carbocycles. The second kappa shape index (κ2) is 9.17. The van der Waals surface area contributed by atoms with Gasteiger partial charge in [-0.2, -0.15) is 4.72 Å². The second-order valence-corrected chi connectivity index (χ2v) is 10.1. The van der Waals surface area contributed by atoms with Gasteiger partial charge in [-0.3, -0.25) is 9.69 Å². The van der Waals surface area contributed by atoms with Gasteiger partial charge in [-0.05, 0) is 37.0 Å². The number of hydrogen-bond donors (Lipinski definition) is 2. The van der Waals surface area contributed by atoms with Crippen molar-refractivity contribution in [3.05, 3.63) is 24.0 Å². The number of sulfonamides is 1. The zero-order valence-electron chi connectivity index (χ0n) is 17.6. The molecule has 30 heavy (non-hydrogen) atoms. The molecule has 2 fully saturated rings. The Morgan fingerprint density at radius 1 is 1.37 bits per heavy atom. The normalized spacial score (nSPS) is 22.7. The number of rotatable bonds is 6. The van der Waals surface area contributed by atoms with Crippen LogP contribution in [0.3, 0.4) is 0 Å². The maximum absolute atomic E-state index is 13.7. The molecule has 10 heteroatoms. The summed E-state index contributed by atoms with van der Waals surface area (Å²) in [5.74, 6) is -0.736. The van der Waals surface area contributed by atoms with E-state index in [0.717, 1.165) is 18.7 Å². The number of ether oxygens (including phenoxy) is 2. The van der Waals surface area contributed by atoms with Gasteiger partial charge in [0, 0.05) is 32.8 Å². The van der Waals surface area contributed by atoms with Gasteiger partial charge >= 0.3 is 0 Å². The van der Waals surface area contributed by atoms with E-state index in [0.29, 0.717) is 38.5 Å². The van der Waals surface area contributed by atoms with Crippen molar-refractivity contribution in [3.63, 3.8) is 0 Å². The highest BCUT2D eigenvalue weighted by Gasteiger charge is 2.42. The number of carbonyl (C=O) groups is 1. The number of carbonyl (C=O) groups excluding carboxylic acids is 1. The Hall–Kier alpha value is -1.75. The second-order valence-electron chi connectivity index (χ2n) is 8.44. The lowest BCUT2D eigenvalue weighted by Gasteiger charge is -2.39. The van der Waals surface area contributed by atoms with Crippen molar-refractivity contribution in [2.24, 2.45) is 5.92 Å². The van der Waals surface area contributed by atoms with Crippen molar-refractivity contribution < 1.29 is 27.1 Å². The van der Waals surface area contributed by atoms with E-state index in [-0.39, 0.29) is 23.1 Å². The quantitative estimate of drug-likeness (QED) is 0.684. The highest BCUT2D eigenvalue weighted by molar-refractivity contribution is 7.89. The summed E-state index contributed by atoms with van der Waals surface area (Å²) in [5, 5.41) is 3.07. The Bertz CT molecular complexity index is 871. The standard InChI is InChI=1S/C20H30FN3O5S/c1-14(2)11-24-12-16(19(25)22-20(13-24)6-8-29-9-7-20)23-30(26,27)18-10-15(21)4-5-17(18)28-3/h4-5,10,14,16,23H,6-9,11-13H2,1-3H3,(H,22,25). The van der Waals surface area contributed by atoms with Crippen LogP contribution >= 0.6 is 0 Å². The lowest BCUT2D eigenvalue weighted by atomic mass is 9.89. The van der Waals surface area contributed by atoms with E-state index in [4.69, 9.17) is 9.47 Å². The first-order chi connectivity index (χ1) is 14.1. The molecule has 1 spiro atoms. The van der Waals surface area contributed by atoms with Gasteiger partial charge in [0.1, 0.15) is 22.5 Å². The highest BCUT2D eigenvalue weighted by atomic mass is 32.2. The van der Waals surface area contributed by atoms with Crippen LogP contribution in [0.4, 0.5) is 4.39 Å². The molecule has 0 saturated carbocycles. The fourth-order valence-corrected chi connectivity index (χ4v) is 5.49. The molecule has 3 rings (SSSR count). The van der Waals surface area contributed by atoms with Crippen molar-refractivity contribution in [1.82, 2.24) is 14.9 Å². The zero-order chi connectivity index (χ0) is 21.9. The summed E-state index contributed by atoms with van der Waals surface area (Å²) in [6.45, 7) is 6.82. The predicted molar refractivity (Wildman–Crippen MR) is 109 cm³/mol. The monoisotopic (exact) mass is 443 g/mol. The predicted octanol–water partition coefficient (Wildman–Crippen LogP) is 1.12. The van der Waals surface area contributed by atoms with Gasteiger partial charge in [-0.1, -0.05) is 13.8 Å². The number of nitrogens with zero attached hydrogens (tertiary/aromatic N) is 1. The van der Waals surface area contributed by atoms with Crippen LogP contribution in [0, 0.1) is 11.7 Å². The Morgan fingerprint density at radius 2 is 2.07 bits per heavy atom. The van der Waals surface area contributed by atoms with E-state index >= 15 is 0 Å². The van der Waals surface area contributed by atoms with Gasteiger partial charge in [0.05, 0.1) is 12.6 Å². The summed E-state index contributed by atoms with van der Waals surface area (Å²) in [6.07, 6.45) is 1.34. The number of halogens is 1. The van der Waals surface area contributed by atoms with Crippen LogP contribution in [0.5, 0.6) is 5.75 Å². The third kappa shape index (κ3) is 5.29. The molecule has 1 unspecified atom stereocenters. The molecule has 1 amide bonds. The first kappa shape index (κ1) is 22.9. The van der Waals surface area contributed by atoms with Gasteiger partial charge in [-0.15, -0.1) is 0 Å². The molecule has 0 aliphatic carbocycles. The lowest BCUT2D eigenvalue weighted by Crippen LogP contribution is -2.57. The Labute approximate surface area is 177 Å². The molecule has 2 aliphatic rings. The minimum atomic E-state index is -4.20. The summed E-state index contributed by atoms with van der Waals surface area (Å²) in [4.78, 5) is 14.8. The molecule has 0 aromatic heterocycles. The Balaban J connectivity index is 1.88. The van der Waals surface area contributed by atoms with Crippen molar-refractivity contribution in [2.45, 2.75) is 43.2 Å². The van der Waals surface area contributed by atoms with E-state index in [9.17, 15) is 17.6 Å². The van der Waals surface area contributed by atoms with Crippen LogP contribution in [-0.2, 0) is 19.6 Å². The van der Waals surface area contributed by atoms with Gasteiger partial charge < -0.3 is 14.8 Å². The van der Waals surface area contributed by atoms with Crippen molar-refractivity contribution in [3.8, 4) is 5.75 Å². The van der Waals surface area contributed by atoms with Crippen LogP contribution in [0.15, 0.2) is 23.1 Å². The Morgan fingerprint density at radius 3 is 2.70 bits per heavy atom. The number of nitrogens with one attached hydrogen (secondary N) is 2. The van der Waals surface area contributed by atoms with Crippen molar-refractivity contribution in [2.75, 3.05) is 40.0 Å². The van der Waals surface area contributed by atoms with Crippen molar-refractivity contribution in [1.29, 1.82) is 0 Å². The van der Waals surface area contributed by atoms with Crippen LogP contribution in [0.1, 0.15) is 26.7 Å². The van der Waals surface area contributed by atoms with E-state index in [2.05, 4.69) is 28.8 Å². The number of amides is 1. The van der Waals surface area contributed by atoms with E-state index in [1.54, 1.807) is 0 Å². The topological polar surface area (TPSA) is 97.0 Å². The third-order valence-corrected chi connectivity index (χ3v) is 6.95. The lowest BCUT2D eigenvalue weighted by molar-refractivity contribution is -0.124. The summed E-state index contributed by atoms with van der Waals surface area (Å²) < 4.78 is 52.8. The largest absolute Gasteiger partial charge is 0.495 e. The average molecular weight is 444 g/mol. The first-order valence-corrected chi connectivity index (χ1v) is 11.6. The average Bonchev–Trinajstić information content (AvgIpc) is 2.78.